The molecule has 31 heavy (non-hydrogen) atoms. The first-order chi connectivity index (χ1) is 14.6. The van der Waals surface area contributed by atoms with Crippen molar-refractivity contribution < 1.29 is 22.8 Å². The van der Waals surface area contributed by atoms with Crippen LogP contribution in [0.2, 0.25) is 5.02 Å². The number of alkyl halides is 3. The van der Waals surface area contributed by atoms with Crippen LogP contribution < -0.4 is 10.6 Å². The van der Waals surface area contributed by atoms with Gasteiger partial charge >= 0.3 is 6.18 Å². The second-order valence-electron chi connectivity index (χ2n) is 6.87. The van der Waals surface area contributed by atoms with Crippen LogP contribution in [0.1, 0.15) is 16.7 Å². The normalized spacial score (nSPS) is 14.6. The van der Waals surface area contributed by atoms with Gasteiger partial charge in [-0.05, 0) is 54.2 Å². The zero-order chi connectivity index (χ0) is 22.3. The van der Waals surface area contributed by atoms with Crippen molar-refractivity contribution in [3.05, 3.63) is 75.9 Å². The van der Waals surface area contributed by atoms with E-state index in [2.05, 4.69) is 10.6 Å². The van der Waals surface area contributed by atoms with Gasteiger partial charge in [-0.25, -0.2) is 0 Å². The Morgan fingerprint density at radius 3 is 2.45 bits per heavy atom. The fraction of sp³-hybridized carbons (Fsp3) is 0.0952. The van der Waals surface area contributed by atoms with Crippen molar-refractivity contribution in [2.24, 2.45) is 0 Å². The maximum Gasteiger partial charge on any atom is 0.416 e. The third-order valence-electron chi connectivity index (χ3n) is 4.72. The number of halogens is 4. The third kappa shape index (κ3) is 4.33. The van der Waals surface area contributed by atoms with E-state index in [0.717, 1.165) is 12.1 Å². The van der Waals surface area contributed by atoms with Gasteiger partial charge in [0, 0.05) is 34.2 Å². The molecule has 0 unspecified atom stereocenters. The number of benzene rings is 2. The van der Waals surface area contributed by atoms with Crippen LogP contribution in [0.5, 0.6) is 0 Å². The molecule has 1 saturated heterocycles. The molecule has 10 heteroatoms. The zero-order valence-corrected chi connectivity index (χ0v) is 17.2. The number of fused-ring (bicyclic) bond motifs is 1. The second-order valence-corrected chi connectivity index (χ2v) is 7.71. The summed E-state index contributed by atoms with van der Waals surface area (Å²) in [4.78, 5) is 24.4. The van der Waals surface area contributed by atoms with Gasteiger partial charge in [0.1, 0.15) is 5.57 Å². The van der Waals surface area contributed by atoms with Crippen molar-refractivity contribution in [3.8, 4) is 0 Å². The van der Waals surface area contributed by atoms with Crippen molar-refractivity contribution in [1.29, 1.82) is 0 Å². The predicted octanol–water partition coefficient (Wildman–Crippen LogP) is 4.28. The fourth-order valence-corrected chi connectivity index (χ4v) is 3.70. The van der Waals surface area contributed by atoms with E-state index in [4.69, 9.17) is 23.8 Å². The van der Waals surface area contributed by atoms with Gasteiger partial charge in [0.2, 0.25) is 0 Å². The molecule has 4 rings (SSSR count). The first-order valence-corrected chi connectivity index (χ1v) is 9.73. The lowest BCUT2D eigenvalue weighted by Gasteiger charge is -2.16. The van der Waals surface area contributed by atoms with Crippen molar-refractivity contribution in [1.82, 2.24) is 15.2 Å². The standard InChI is InChI=1S/C21H13ClF3N3O2S/c22-14-4-5-17-15(8-14)12(7-16-18(29)26-20(31)27-19(16)30)10-28(17)9-11-2-1-3-13(6-11)21(23,24)25/h1-8,10H,9H2,(H2,26,27,29,30,31). The number of aromatic nitrogens is 1. The van der Waals surface area contributed by atoms with Crippen molar-refractivity contribution in [2.75, 3.05) is 0 Å². The van der Waals surface area contributed by atoms with E-state index in [9.17, 15) is 22.8 Å². The molecule has 1 aromatic heterocycles. The van der Waals surface area contributed by atoms with Crippen LogP contribution >= 0.6 is 23.8 Å². The summed E-state index contributed by atoms with van der Waals surface area (Å²) in [5.41, 5.74) is 0.753. The molecule has 1 fully saturated rings. The van der Waals surface area contributed by atoms with Crippen LogP contribution in [0.4, 0.5) is 13.2 Å². The monoisotopic (exact) mass is 463 g/mol. The minimum absolute atomic E-state index is 0.0813. The number of carbonyl (C=O) groups excluding carboxylic acids is 2. The lowest BCUT2D eigenvalue weighted by Crippen LogP contribution is -2.51. The molecule has 0 atom stereocenters. The Morgan fingerprint density at radius 2 is 1.77 bits per heavy atom. The van der Waals surface area contributed by atoms with Gasteiger partial charge in [0.25, 0.3) is 11.8 Å². The Kier molecular flexibility index (Phi) is 5.32. The number of amides is 2. The van der Waals surface area contributed by atoms with E-state index in [1.807, 2.05) is 0 Å². The lowest BCUT2D eigenvalue weighted by molar-refractivity contribution is -0.137. The number of nitrogens with one attached hydrogen (secondary N) is 2. The fourth-order valence-electron chi connectivity index (χ4n) is 3.35. The van der Waals surface area contributed by atoms with Crippen LogP contribution in [0.15, 0.2) is 54.2 Å². The smallest absolute Gasteiger partial charge is 0.342 e. The molecule has 3 aromatic rings. The van der Waals surface area contributed by atoms with Gasteiger partial charge < -0.3 is 4.57 Å². The quantitative estimate of drug-likeness (QED) is 0.346. The molecule has 158 valence electrons. The van der Waals surface area contributed by atoms with Gasteiger partial charge in [-0.1, -0.05) is 23.7 Å². The molecule has 2 aromatic carbocycles. The van der Waals surface area contributed by atoms with E-state index in [0.29, 0.717) is 27.1 Å². The van der Waals surface area contributed by atoms with Crippen LogP contribution in [0.3, 0.4) is 0 Å². The van der Waals surface area contributed by atoms with Gasteiger partial charge in [0.15, 0.2) is 5.11 Å². The first-order valence-electron chi connectivity index (χ1n) is 8.95. The SMILES string of the molecule is O=C1NC(=S)NC(=O)C1=Cc1cn(Cc2cccc(C(F)(F)F)c2)c2ccc(Cl)cc12. The van der Waals surface area contributed by atoms with Gasteiger partial charge in [0.05, 0.1) is 5.56 Å². The van der Waals surface area contributed by atoms with Crippen molar-refractivity contribution in [3.63, 3.8) is 0 Å². The summed E-state index contributed by atoms with van der Waals surface area (Å²) in [5, 5.41) is 5.71. The van der Waals surface area contributed by atoms with Crippen molar-refractivity contribution >= 4 is 57.7 Å². The van der Waals surface area contributed by atoms with E-state index < -0.39 is 23.6 Å². The molecule has 0 radical (unpaired) electrons. The molecule has 1 aliphatic heterocycles. The van der Waals surface area contributed by atoms with E-state index >= 15 is 0 Å². The molecule has 0 aliphatic carbocycles. The molecular weight excluding hydrogens is 451 g/mol. The highest BCUT2D eigenvalue weighted by Gasteiger charge is 2.30. The van der Waals surface area contributed by atoms with E-state index in [1.54, 1.807) is 35.0 Å². The summed E-state index contributed by atoms with van der Waals surface area (Å²) in [6.45, 7) is 0.147. The topological polar surface area (TPSA) is 63.1 Å². The summed E-state index contributed by atoms with van der Waals surface area (Å²) in [5.74, 6) is -1.29. The van der Waals surface area contributed by atoms with Crippen LogP contribution in [0.25, 0.3) is 17.0 Å². The summed E-state index contributed by atoms with van der Waals surface area (Å²) in [7, 11) is 0. The van der Waals surface area contributed by atoms with Crippen LogP contribution in [0, 0.1) is 0 Å². The van der Waals surface area contributed by atoms with Crippen LogP contribution in [-0.2, 0) is 22.3 Å². The summed E-state index contributed by atoms with van der Waals surface area (Å²) in [6, 6.07) is 10.1. The third-order valence-corrected chi connectivity index (χ3v) is 5.16. The Labute approximate surface area is 184 Å². The Morgan fingerprint density at radius 1 is 1.06 bits per heavy atom. The predicted molar refractivity (Wildman–Crippen MR) is 114 cm³/mol. The van der Waals surface area contributed by atoms with Gasteiger partial charge in [-0.15, -0.1) is 0 Å². The van der Waals surface area contributed by atoms with Crippen LogP contribution in [-0.4, -0.2) is 21.5 Å². The van der Waals surface area contributed by atoms with E-state index in [1.165, 1.54) is 12.1 Å². The highest BCUT2D eigenvalue weighted by atomic mass is 35.5. The number of nitrogens with zero attached hydrogens (tertiary/aromatic N) is 1. The molecule has 1 aliphatic rings. The van der Waals surface area contributed by atoms with Gasteiger partial charge in [-0.3, -0.25) is 20.2 Å². The average molecular weight is 464 g/mol. The Balaban J connectivity index is 1.79. The Bertz CT molecular complexity index is 1260. The first kappa shape index (κ1) is 21.1. The molecule has 0 saturated carbocycles. The minimum Gasteiger partial charge on any atom is -0.342 e. The van der Waals surface area contributed by atoms with Gasteiger partial charge in [-0.2, -0.15) is 13.2 Å². The number of rotatable bonds is 3. The molecule has 0 spiro atoms. The molecule has 2 amide bonds. The maximum atomic E-state index is 13.1. The molecule has 5 nitrogen and oxygen atoms in total. The number of hydrogen-bond donors (Lipinski definition) is 2. The average Bonchev–Trinajstić information content (AvgIpc) is 3.00. The summed E-state index contributed by atoms with van der Waals surface area (Å²) >= 11 is 10.9. The van der Waals surface area contributed by atoms with E-state index in [-0.39, 0.29) is 17.2 Å². The minimum atomic E-state index is -4.44. The highest BCUT2D eigenvalue weighted by molar-refractivity contribution is 7.80. The molecule has 0 bridgehead atoms. The lowest BCUT2D eigenvalue weighted by atomic mass is 10.1. The Hall–Kier alpha value is -3.17. The molecular formula is C21H13ClF3N3O2S. The van der Waals surface area contributed by atoms with Crippen molar-refractivity contribution in [2.45, 2.75) is 12.7 Å². The molecule has 2 heterocycles. The number of carbonyl (C=O) groups is 2. The number of thiocarbonyl (C=S) groups is 1. The maximum absolute atomic E-state index is 13.1. The summed E-state index contributed by atoms with van der Waals surface area (Å²) in [6.07, 6.45) is -1.39. The highest BCUT2D eigenvalue weighted by Crippen LogP contribution is 2.31. The number of hydrogen-bond acceptors (Lipinski definition) is 3. The molecule has 2 N–H and O–H groups in total. The second kappa shape index (κ2) is 7.82. The zero-order valence-electron chi connectivity index (χ0n) is 15.6. The largest absolute Gasteiger partial charge is 0.416 e. The summed E-state index contributed by atoms with van der Waals surface area (Å²) < 4.78 is 40.9.